The maximum Gasteiger partial charge on any atom is 0.336 e. The first-order valence-corrected chi connectivity index (χ1v) is 4.46. The van der Waals surface area contributed by atoms with Crippen LogP contribution in [0.2, 0.25) is 0 Å². The average Bonchev–Trinajstić information content (AvgIpc) is 2.15. The molecule has 0 heterocycles. The molecule has 17 heavy (non-hydrogen) atoms. The molecule has 0 aliphatic rings. The molecular formula is C9H13NO7. The molecule has 0 aliphatic heterocycles. The lowest BCUT2D eigenvalue weighted by atomic mass is 9.96. The summed E-state index contributed by atoms with van der Waals surface area (Å²) in [5.74, 6) is -5.02. The van der Waals surface area contributed by atoms with Gasteiger partial charge in [0.2, 0.25) is 0 Å². The number of aliphatic hydroxyl groups is 1. The number of carboxylic acid groups (broad SMARTS) is 3. The number of aliphatic carboxylic acids is 3. The summed E-state index contributed by atoms with van der Waals surface area (Å²) < 4.78 is 0. The molecule has 0 saturated carbocycles. The highest BCUT2D eigenvalue weighted by Gasteiger charge is 2.40. The Morgan fingerprint density at radius 1 is 1.12 bits per heavy atom. The Morgan fingerprint density at radius 2 is 1.41 bits per heavy atom. The third kappa shape index (κ3) is 8.83. The Hall–Kier alpha value is -2.14. The number of nitriles is 1. The van der Waals surface area contributed by atoms with Crippen molar-refractivity contribution < 1.29 is 34.8 Å². The molecule has 0 radical (unpaired) electrons. The van der Waals surface area contributed by atoms with E-state index in [4.69, 9.17) is 25.7 Å². The largest absolute Gasteiger partial charge is 0.481 e. The summed E-state index contributed by atoms with van der Waals surface area (Å²) in [6.45, 7) is 1.82. The third-order valence-corrected chi connectivity index (χ3v) is 1.44. The number of nitrogens with zero attached hydrogens (tertiary/aromatic N) is 1. The van der Waals surface area contributed by atoms with Crippen LogP contribution in [0, 0.1) is 11.3 Å². The lowest BCUT2D eigenvalue weighted by Gasteiger charge is -2.18. The van der Waals surface area contributed by atoms with Crippen LogP contribution >= 0.6 is 0 Å². The van der Waals surface area contributed by atoms with Crippen LogP contribution in [0.15, 0.2) is 0 Å². The minimum Gasteiger partial charge on any atom is -0.481 e. The van der Waals surface area contributed by atoms with Gasteiger partial charge in [-0.25, -0.2) is 4.79 Å². The molecule has 0 aromatic rings. The van der Waals surface area contributed by atoms with E-state index >= 15 is 0 Å². The van der Waals surface area contributed by atoms with Gasteiger partial charge >= 0.3 is 17.9 Å². The van der Waals surface area contributed by atoms with Gasteiger partial charge < -0.3 is 20.4 Å². The van der Waals surface area contributed by atoms with E-state index in [9.17, 15) is 14.4 Å². The van der Waals surface area contributed by atoms with Gasteiger partial charge in [-0.2, -0.15) is 5.26 Å². The minimum absolute atomic E-state index is 0.625. The molecule has 0 bridgehead atoms. The van der Waals surface area contributed by atoms with Gasteiger partial charge in [0, 0.05) is 6.42 Å². The molecular weight excluding hydrogens is 234 g/mol. The van der Waals surface area contributed by atoms with Crippen LogP contribution in [0.5, 0.6) is 0 Å². The number of carboxylic acids is 3. The quantitative estimate of drug-likeness (QED) is 0.514. The van der Waals surface area contributed by atoms with Crippen molar-refractivity contribution in [2.45, 2.75) is 31.8 Å². The topological polar surface area (TPSA) is 156 Å². The molecule has 8 heteroatoms. The minimum atomic E-state index is -2.74. The Kier molecular flexibility index (Phi) is 8.19. The van der Waals surface area contributed by atoms with Crippen LogP contribution in [0.1, 0.15) is 26.2 Å². The fraction of sp³-hybridized carbons (Fsp3) is 0.556. The van der Waals surface area contributed by atoms with Gasteiger partial charge in [0.1, 0.15) is 0 Å². The Bertz CT molecular complexity index is 315. The van der Waals surface area contributed by atoms with Gasteiger partial charge in [0.05, 0.1) is 18.9 Å². The molecule has 0 fully saturated rings. The van der Waals surface area contributed by atoms with Gasteiger partial charge in [-0.1, -0.05) is 6.92 Å². The summed E-state index contributed by atoms with van der Waals surface area (Å²) in [5, 5.41) is 41.4. The summed E-state index contributed by atoms with van der Waals surface area (Å²) in [6.07, 6.45) is -1.66. The van der Waals surface area contributed by atoms with Crippen LogP contribution in [0.3, 0.4) is 0 Å². The highest BCUT2D eigenvalue weighted by atomic mass is 16.4. The smallest absolute Gasteiger partial charge is 0.336 e. The van der Waals surface area contributed by atoms with Crippen molar-refractivity contribution in [1.29, 1.82) is 5.26 Å². The first-order chi connectivity index (χ1) is 7.69. The molecule has 4 N–H and O–H groups in total. The lowest BCUT2D eigenvalue weighted by Crippen LogP contribution is -2.42. The van der Waals surface area contributed by atoms with Gasteiger partial charge in [0.25, 0.3) is 0 Å². The molecule has 0 unspecified atom stereocenters. The van der Waals surface area contributed by atoms with Crippen LogP contribution in [0.25, 0.3) is 0 Å². The van der Waals surface area contributed by atoms with Crippen molar-refractivity contribution in [3.8, 4) is 6.07 Å². The molecule has 0 aromatic heterocycles. The maximum absolute atomic E-state index is 10.3. The summed E-state index contributed by atoms with van der Waals surface area (Å²) in [6, 6.07) is 1.93. The van der Waals surface area contributed by atoms with E-state index in [0.29, 0.717) is 6.42 Å². The molecule has 8 nitrogen and oxygen atoms in total. The average molecular weight is 247 g/mol. The predicted octanol–water partition coefficient (Wildman–Crippen LogP) is -0.329. The molecule has 0 saturated heterocycles. The molecule has 0 atom stereocenters. The first kappa shape index (κ1) is 17.3. The Morgan fingerprint density at radius 3 is 1.53 bits per heavy atom. The standard InChI is InChI=1S/C6H8O7.C3H5N/c7-3(8)1-6(13,5(11)12)2-4(9)10;1-2-3-4/h13H,1-2H2,(H,7,8)(H,9,10)(H,11,12);2H2,1H3. The zero-order valence-electron chi connectivity index (χ0n) is 9.08. The zero-order chi connectivity index (χ0) is 14.1. The van der Waals surface area contributed by atoms with E-state index in [2.05, 4.69) is 0 Å². The van der Waals surface area contributed by atoms with E-state index in [1.807, 2.05) is 13.0 Å². The summed E-state index contributed by atoms with van der Waals surface area (Å²) in [5.41, 5.74) is -2.74. The van der Waals surface area contributed by atoms with Crippen LogP contribution in [-0.2, 0) is 14.4 Å². The fourth-order valence-corrected chi connectivity index (χ4v) is 0.714. The number of carbonyl (C=O) groups is 3. The number of rotatable bonds is 5. The zero-order valence-corrected chi connectivity index (χ0v) is 9.08. The lowest BCUT2D eigenvalue weighted by molar-refractivity contribution is -0.170. The Balaban J connectivity index is 0. The molecule has 0 amide bonds. The monoisotopic (exact) mass is 247 g/mol. The van der Waals surface area contributed by atoms with Crippen molar-refractivity contribution in [3.05, 3.63) is 0 Å². The van der Waals surface area contributed by atoms with Crippen molar-refractivity contribution >= 4 is 17.9 Å². The van der Waals surface area contributed by atoms with Gasteiger partial charge in [0.15, 0.2) is 5.60 Å². The number of hydrogen-bond donors (Lipinski definition) is 4. The van der Waals surface area contributed by atoms with Crippen LogP contribution in [-0.4, -0.2) is 43.9 Å². The van der Waals surface area contributed by atoms with E-state index in [1.54, 1.807) is 0 Å². The molecule has 0 spiro atoms. The highest BCUT2D eigenvalue weighted by Crippen LogP contribution is 2.15. The predicted molar refractivity (Wildman–Crippen MR) is 53.0 cm³/mol. The summed E-state index contributed by atoms with van der Waals surface area (Å²) in [7, 11) is 0. The number of hydrogen-bond acceptors (Lipinski definition) is 5. The molecule has 96 valence electrons. The van der Waals surface area contributed by atoms with E-state index in [0.717, 1.165) is 0 Å². The second-order valence-corrected chi connectivity index (χ2v) is 2.99. The maximum atomic E-state index is 10.3. The van der Waals surface area contributed by atoms with Crippen molar-refractivity contribution in [3.63, 3.8) is 0 Å². The summed E-state index contributed by atoms with van der Waals surface area (Å²) >= 11 is 0. The van der Waals surface area contributed by atoms with Crippen molar-refractivity contribution in [1.82, 2.24) is 0 Å². The summed E-state index contributed by atoms with van der Waals surface area (Å²) in [4.78, 5) is 30.5. The van der Waals surface area contributed by atoms with Gasteiger partial charge in [-0.05, 0) is 0 Å². The highest BCUT2D eigenvalue weighted by molar-refractivity contribution is 5.88. The van der Waals surface area contributed by atoms with E-state index < -0.39 is 36.4 Å². The normalized spacial score (nSPS) is 9.47. The second kappa shape index (κ2) is 8.06. The molecule has 0 aliphatic carbocycles. The van der Waals surface area contributed by atoms with Crippen LogP contribution < -0.4 is 0 Å². The van der Waals surface area contributed by atoms with E-state index in [1.165, 1.54) is 0 Å². The third-order valence-electron chi connectivity index (χ3n) is 1.44. The fourth-order valence-electron chi connectivity index (χ4n) is 0.714. The second-order valence-electron chi connectivity index (χ2n) is 2.99. The van der Waals surface area contributed by atoms with Crippen molar-refractivity contribution in [2.24, 2.45) is 0 Å². The molecule has 0 rings (SSSR count). The Labute approximate surface area is 96.7 Å². The van der Waals surface area contributed by atoms with Crippen molar-refractivity contribution in [2.75, 3.05) is 0 Å². The SMILES string of the molecule is CCC#N.O=C(O)CC(O)(CC(=O)O)C(=O)O. The van der Waals surface area contributed by atoms with Crippen LogP contribution in [0.4, 0.5) is 0 Å². The van der Waals surface area contributed by atoms with Gasteiger partial charge in [-0.15, -0.1) is 0 Å². The van der Waals surface area contributed by atoms with E-state index in [-0.39, 0.29) is 0 Å². The van der Waals surface area contributed by atoms with Gasteiger partial charge in [-0.3, -0.25) is 9.59 Å². The first-order valence-electron chi connectivity index (χ1n) is 4.46. The molecule has 0 aromatic carbocycles.